The second-order valence-corrected chi connectivity index (χ2v) is 4.41. The summed E-state index contributed by atoms with van der Waals surface area (Å²) < 4.78 is 11.2. The molecule has 0 bridgehead atoms. The van der Waals surface area contributed by atoms with Gasteiger partial charge in [-0.25, -0.2) is 0 Å². The van der Waals surface area contributed by atoms with Gasteiger partial charge >= 0.3 is 0 Å². The Balaban J connectivity index is 1.86. The van der Waals surface area contributed by atoms with Gasteiger partial charge in [-0.05, 0) is 24.3 Å². The number of rotatable bonds is 6. The van der Waals surface area contributed by atoms with Crippen LogP contribution in [0.25, 0.3) is 0 Å². The lowest BCUT2D eigenvalue weighted by molar-refractivity contribution is -0.114. The highest BCUT2D eigenvalue weighted by molar-refractivity contribution is 5.90. The Bertz CT molecular complexity index is 614. The number of amides is 1. The molecule has 0 saturated heterocycles. The summed E-state index contributed by atoms with van der Waals surface area (Å²) in [5.41, 5.74) is 7.02. The molecule has 0 unspecified atom stereocenters. The lowest BCUT2D eigenvalue weighted by Gasteiger charge is -2.12. The van der Waals surface area contributed by atoms with Crippen molar-refractivity contribution >= 4 is 17.3 Å². The Morgan fingerprint density at radius 1 is 1.00 bits per heavy atom. The van der Waals surface area contributed by atoms with Crippen molar-refractivity contribution in [1.29, 1.82) is 0 Å². The van der Waals surface area contributed by atoms with E-state index < -0.39 is 0 Å². The summed E-state index contributed by atoms with van der Waals surface area (Å²) in [6, 6.07) is 14.6. The Labute approximate surface area is 123 Å². The molecule has 0 saturated carbocycles. The molecule has 0 radical (unpaired) electrons. The Hall–Kier alpha value is -2.69. The highest BCUT2D eigenvalue weighted by Crippen LogP contribution is 2.24. The van der Waals surface area contributed by atoms with Crippen LogP contribution in [0.2, 0.25) is 0 Å². The molecule has 0 aromatic heterocycles. The van der Waals surface area contributed by atoms with Crippen molar-refractivity contribution in [2.45, 2.75) is 6.92 Å². The van der Waals surface area contributed by atoms with Gasteiger partial charge in [0.25, 0.3) is 0 Å². The van der Waals surface area contributed by atoms with E-state index in [0.29, 0.717) is 36.1 Å². The Morgan fingerprint density at radius 3 is 2.24 bits per heavy atom. The van der Waals surface area contributed by atoms with Crippen LogP contribution in [0.4, 0.5) is 11.4 Å². The fraction of sp³-hybridized carbons (Fsp3) is 0.188. The van der Waals surface area contributed by atoms with Crippen molar-refractivity contribution in [1.82, 2.24) is 0 Å². The van der Waals surface area contributed by atoms with Crippen LogP contribution in [0, 0.1) is 0 Å². The number of nitrogens with two attached hydrogens (primary N) is 1. The molecule has 2 aromatic rings. The summed E-state index contributed by atoms with van der Waals surface area (Å²) in [6.07, 6.45) is 0. The lowest BCUT2D eigenvalue weighted by atomic mass is 10.3. The quantitative estimate of drug-likeness (QED) is 0.632. The van der Waals surface area contributed by atoms with E-state index in [2.05, 4.69) is 5.32 Å². The van der Waals surface area contributed by atoms with Gasteiger partial charge < -0.3 is 20.5 Å². The van der Waals surface area contributed by atoms with E-state index in [1.165, 1.54) is 6.92 Å². The van der Waals surface area contributed by atoms with Crippen LogP contribution in [0.15, 0.2) is 48.5 Å². The predicted molar refractivity (Wildman–Crippen MR) is 82.6 cm³/mol. The van der Waals surface area contributed by atoms with Crippen molar-refractivity contribution in [3.63, 3.8) is 0 Å². The van der Waals surface area contributed by atoms with Gasteiger partial charge in [0.15, 0.2) is 0 Å². The number of anilines is 2. The van der Waals surface area contributed by atoms with Crippen molar-refractivity contribution < 1.29 is 14.3 Å². The normalized spacial score (nSPS) is 9.95. The standard InChI is InChI=1S/C16H18N2O3/c1-12(19)18-14-7-3-5-9-16(14)21-11-10-20-15-8-4-2-6-13(15)17/h2-9H,10-11,17H2,1H3,(H,18,19). The molecule has 0 fully saturated rings. The van der Waals surface area contributed by atoms with E-state index >= 15 is 0 Å². The number of nitrogens with one attached hydrogen (secondary N) is 1. The van der Waals surface area contributed by atoms with Crippen molar-refractivity contribution in [2.24, 2.45) is 0 Å². The molecule has 0 heterocycles. The van der Waals surface area contributed by atoms with Crippen LogP contribution >= 0.6 is 0 Å². The molecule has 2 aromatic carbocycles. The number of benzene rings is 2. The summed E-state index contributed by atoms with van der Waals surface area (Å²) >= 11 is 0. The minimum Gasteiger partial charge on any atom is -0.488 e. The zero-order chi connectivity index (χ0) is 15.1. The number of hydrogen-bond acceptors (Lipinski definition) is 4. The van der Waals surface area contributed by atoms with Crippen LogP contribution in [0.3, 0.4) is 0 Å². The van der Waals surface area contributed by atoms with Crippen LogP contribution in [0.5, 0.6) is 11.5 Å². The first kappa shape index (κ1) is 14.7. The van der Waals surface area contributed by atoms with E-state index in [1.54, 1.807) is 24.3 Å². The van der Waals surface area contributed by atoms with Gasteiger partial charge in [-0.1, -0.05) is 24.3 Å². The highest BCUT2D eigenvalue weighted by atomic mass is 16.5. The maximum atomic E-state index is 11.1. The molecule has 0 aliphatic heterocycles. The number of para-hydroxylation sites is 4. The SMILES string of the molecule is CC(=O)Nc1ccccc1OCCOc1ccccc1N. The summed E-state index contributed by atoms with van der Waals surface area (Å²) in [7, 11) is 0. The molecular formula is C16H18N2O3. The zero-order valence-corrected chi connectivity index (χ0v) is 11.8. The minimum absolute atomic E-state index is 0.139. The first-order valence-corrected chi connectivity index (χ1v) is 6.63. The smallest absolute Gasteiger partial charge is 0.221 e. The summed E-state index contributed by atoms with van der Waals surface area (Å²) in [6.45, 7) is 2.17. The maximum absolute atomic E-state index is 11.1. The number of hydrogen-bond donors (Lipinski definition) is 2. The summed E-state index contributed by atoms with van der Waals surface area (Å²) in [5.74, 6) is 1.10. The van der Waals surface area contributed by atoms with Gasteiger partial charge in [-0.2, -0.15) is 0 Å². The zero-order valence-electron chi connectivity index (χ0n) is 11.8. The topological polar surface area (TPSA) is 73.6 Å². The first-order chi connectivity index (χ1) is 10.2. The van der Waals surface area contributed by atoms with Gasteiger partial charge in [0, 0.05) is 6.92 Å². The maximum Gasteiger partial charge on any atom is 0.221 e. The third-order valence-corrected chi connectivity index (χ3v) is 2.72. The van der Waals surface area contributed by atoms with Gasteiger partial charge in [0.1, 0.15) is 24.7 Å². The molecular weight excluding hydrogens is 268 g/mol. The number of carbonyl (C=O) groups is 1. The van der Waals surface area contributed by atoms with E-state index in [9.17, 15) is 4.79 Å². The van der Waals surface area contributed by atoms with Gasteiger partial charge in [-0.3, -0.25) is 4.79 Å². The van der Waals surface area contributed by atoms with Gasteiger partial charge in [-0.15, -0.1) is 0 Å². The number of ether oxygens (including phenoxy) is 2. The molecule has 0 aliphatic rings. The Morgan fingerprint density at radius 2 is 1.57 bits per heavy atom. The second kappa shape index (κ2) is 7.19. The summed E-state index contributed by atoms with van der Waals surface area (Å²) in [4.78, 5) is 11.1. The summed E-state index contributed by atoms with van der Waals surface area (Å²) in [5, 5.41) is 2.72. The van der Waals surface area contributed by atoms with Crippen LogP contribution in [-0.4, -0.2) is 19.1 Å². The van der Waals surface area contributed by atoms with Crippen LogP contribution < -0.4 is 20.5 Å². The fourth-order valence-electron chi connectivity index (χ4n) is 1.80. The third-order valence-electron chi connectivity index (χ3n) is 2.72. The predicted octanol–water partition coefficient (Wildman–Crippen LogP) is 2.68. The minimum atomic E-state index is -0.139. The molecule has 1 amide bonds. The monoisotopic (exact) mass is 286 g/mol. The Kier molecular flexibility index (Phi) is 5.04. The van der Waals surface area contributed by atoms with E-state index in [0.717, 1.165) is 0 Å². The number of nitrogen functional groups attached to an aromatic ring is 1. The molecule has 0 spiro atoms. The molecule has 21 heavy (non-hydrogen) atoms. The lowest BCUT2D eigenvalue weighted by Crippen LogP contribution is -2.12. The first-order valence-electron chi connectivity index (χ1n) is 6.63. The second-order valence-electron chi connectivity index (χ2n) is 4.41. The number of carbonyl (C=O) groups excluding carboxylic acids is 1. The fourth-order valence-corrected chi connectivity index (χ4v) is 1.80. The van der Waals surface area contributed by atoms with E-state index in [1.807, 2.05) is 24.3 Å². The molecule has 110 valence electrons. The van der Waals surface area contributed by atoms with Crippen LogP contribution in [0.1, 0.15) is 6.92 Å². The molecule has 5 nitrogen and oxygen atoms in total. The van der Waals surface area contributed by atoms with Gasteiger partial charge in [0.2, 0.25) is 5.91 Å². The third kappa shape index (κ3) is 4.42. The van der Waals surface area contributed by atoms with Crippen molar-refractivity contribution in [3.05, 3.63) is 48.5 Å². The molecule has 2 rings (SSSR count). The van der Waals surface area contributed by atoms with Gasteiger partial charge in [0.05, 0.1) is 11.4 Å². The molecule has 3 N–H and O–H groups in total. The molecule has 0 aliphatic carbocycles. The van der Waals surface area contributed by atoms with Crippen molar-refractivity contribution in [2.75, 3.05) is 24.3 Å². The largest absolute Gasteiger partial charge is 0.488 e. The van der Waals surface area contributed by atoms with Crippen molar-refractivity contribution in [3.8, 4) is 11.5 Å². The van der Waals surface area contributed by atoms with E-state index in [-0.39, 0.29) is 5.91 Å². The molecule has 0 atom stereocenters. The highest BCUT2D eigenvalue weighted by Gasteiger charge is 2.04. The van der Waals surface area contributed by atoms with Crippen LogP contribution in [-0.2, 0) is 4.79 Å². The average Bonchev–Trinajstić information content (AvgIpc) is 2.46. The average molecular weight is 286 g/mol. The van der Waals surface area contributed by atoms with E-state index in [4.69, 9.17) is 15.2 Å². The molecule has 5 heteroatoms.